The number of carbonyl (C=O) groups excluding carboxylic acids is 1. The molecule has 1 aliphatic rings. The molecule has 8 heteroatoms. The van der Waals surface area contributed by atoms with Gasteiger partial charge in [0.05, 0.1) is 6.54 Å². The van der Waals surface area contributed by atoms with Gasteiger partial charge in [-0.3, -0.25) is 4.79 Å². The van der Waals surface area contributed by atoms with Crippen LogP contribution < -0.4 is 15.5 Å². The van der Waals surface area contributed by atoms with E-state index in [1.54, 1.807) is 24.5 Å². The summed E-state index contributed by atoms with van der Waals surface area (Å²) in [4.78, 5) is 23.2. The van der Waals surface area contributed by atoms with Crippen LogP contribution in [0.1, 0.15) is 19.3 Å². The second-order valence-electron chi connectivity index (χ2n) is 6.72. The highest BCUT2D eigenvalue weighted by Gasteiger charge is 2.23. The van der Waals surface area contributed by atoms with E-state index in [0.717, 1.165) is 43.3 Å². The van der Waals surface area contributed by atoms with Crippen molar-refractivity contribution in [3.8, 4) is 0 Å². The normalized spacial score (nSPS) is 16.9. The van der Waals surface area contributed by atoms with Crippen LogP contribution in [0.4, 0.5) is 17.3 Å². The molecule has 0 spiro atoms. The summed E-state index contributed by atoms with van der Waals surface area (Å²) in [5.41, 5.74) is 0.756. The van der Waals surface area contributed by atoms with Crippen molar-refractivity contribution in [2.45, 2.75) is 19.3 Å². The molecule has 0 aliphatic carbocycles. The zero-order valence-electron chi connectivity index (χ0n) is 15.2. The number of nitrogens with one attached hydrogen (secondary N) is 2. The van der Waals surface area contributed by atoms with Gasteiger partial charge in [-0.15, -0.1) is 0 Å². The van der Waals surface area contributed by atoms with Crippen LogP contribution in [-0.4, -0.2) is 42.4 Å². The number of benzene rings is 1. The molecule has 27 heavy (non-hydrogen) atoms. The zero-order valence-corrected chi connectivity index (χ0v) is 16.7. The molecule has 1 aliphatic heterocycles. The molecule has 2 aromatic rings. The molecule has 6 nitrogen and oxygen atoms in total. The van der Waals surface area contributed by atoms with E-state index in [9.17, 15) is 4.79 Å². The van der Waals surface area contributed by atoms with Crippen LogP contribution in [0.2, 0.25) is 10.0 Å². The van der Waals surface area contributed by atoms with E-state index in [4.69, 9.17) is 23.2 Å². The van der Waals surface area contributed by atoms with Crippen LogP contribution in [0.15, 0.2) is 30.6 Å². The third kappa shape index (κ3) is 5.71. The maximum absolute atomic E-state index is 12.4. The average molecular weight is 408 g/mol. The highest BCUT2D eigenvalue weighted by Crippen LogP contribution is 2.25. The Kier molecular flexibility index (Phi) is 6.74. The smallest absolute Gasteiger partial charge is 0.152 e. The summed E-state index contributed by atoms with van der Waals surface area (Å²) in [6.45, 7) is 2.05. The van der Waals surface area contributed by atoms with E-state index in [-0.39, 0.29) is 12.3 Å². The van der Waals surface area contributed by atoms with Gasteiger partial charge in [0.25, 0.3) is 0 Å². The Balaban J connectivity index is 1.53. The molecule has 0 amide bonds. The highest BCUT2D eigenvalue weighted by molar-refractivity contribution is 6.35. The molecule has 144 valence electrons. The van der Waals surface area contributed by atoms with E-state index < -0.39 is 0 Å². The van der Waals surface area contributed by atoms with Gasteiger partial charge in [-0.2, -0.15) is 0 Å². The lowest BCUT2D eigenvalue weighted by atomic mass is 9.93. The molecule has 0 saturated carbocycles. The summed E-state index contributed by atoms with van der Waals surface area (Å²) in [5.74, 6) is 2.20. The molecule has 1 atom stereocenters. The first-order valence-electron chi connectivity index (χ1n) is 9.00. The Bertz CT molecular complexity index is 781. The summed E-state index contributed by atoms with van der Waals surface area (Å²) < 4.78 is 0. The quantitative estimate of drug-likeness (QED) is 0.719. The predicted molar refractivity (Wildman–Crippen MR) is 111 cm³/mol. The number of hydrogen-bond acceptors (Lipinski definition) is 6. The zero-order chi connectivity index (χ0) is 19.2. The number of nitrogens with zero attached hydrogens (tertiary/aromatic N) is 3. The Labute approximate surface area is 169 Å². The monoisotopic (exact) mass is 407 g/mol. The lowest BCUT2D eigenvalue weighted by Crippen LogP contribution is -2.37. The van der Waals surface area contributed by atoms with Crippen molar-refractivity contribution in [1.82, 2.24) is 9.97 Å². The first kappa shape index (κ1) is 19.7. The van der Waals surface area contributed by atoms with Crippen LogP contribution >= 0.6 is 23.2 Å². The van der Waals surface area contributed by atoms with Gasteiger partial charge in [-0.25, -0.2) is 9.97 Å². The first-order valence-corrected chi connectivity index (χ1v) is 9.75. The molecule has 0 radical (unpaired) electrons. The van der Waals surface area contributed by atoms with E-state index in [1.807, 2.05) is 13.1 Å². The number of rotatable bonds is 7. The number of hydrogen-bond donors (Lipinski definition) is 2. The van der Waals surface area contributed by atoms with Crippen LogP contribution in [-0.2, 0) is 4.79 Å². The SMILES string of the molecule is CNc1cc(N2CCC[C@@H](CC(=O)CNc3cc(Cl)cc(Cl)c3)C2)ncn1. The topological polar surface area (TPSA) is 70.2 Å². The Morgan fingerprint density at radius 3 is 2.74 bits per heavy atom. The largest absolute Gasteiger partial charge is 0.378 e. The lowest BCUT2D eigenvalue weighted by Gasteiger charge is -2.33. The second-order valence-corrected chi connectivity index (χ2v) is 7.59. The van der Waals surface area contributed by atoms with Gasteiger partial charge in [-0.05, 0) is 37.0 Å². The third-order valence-corrected chi connectivity index (χ3v) is 5.06. The molecule has 1 aromatic heterocycles. The average Bonchev–Trinajstić information content (AvgIpc) is 2.66. The van der Waals surface area contributed by atoms with Gasteiger partial charge >= 0.3 is 0 Å². The van der Waals surface area contributed by atoms with Gasteiger partial charge in [0.15, 0.2) is 5.78 Å². The molecule has 1 fully saturated rings. The number of piperidine rings is 1. The Hall–Kier alpha value is -2.05. The van der Waals surface area contributed by atoms with E-state index >= 15 is 0 Å². The van der Waals surface area contributed by atoms with Gasteiger partial charge < -0.3 is 15.5 Å². The number of aromatic nitrogens is 2. The summed E-state index contributed by atoms with van der Waals surface area (Å²) >= 11 is 12.0. The van der Waals surface area contributed by atoms with Crippen molar-refractivity contribution in [3.05, 3.63) is 40.6 Å². The Morgan fingerprint density at radius 2 is 2.00 bits per heavy atom. The maximum Gasteiger partial charge on any atom is 0.152 e. The highest BCUT2D eigenvalue weighted by atomic mass is 35.5. The number of halogens is 2. The summed E-state index contributed by atoms with van der Waals surface area (Å²) in [6, 6.07) is 7.13. The second kappa shape index (κ2) is 9.24. The van der Waals surface area contributed by atoms with Gasteiger partial charge in [0.2, 0.25) is 0 Å². The van der Waals surface area contributed by atoms with Gasteiger partial charge in [0, 0.05) is 48.4 Å². The summed E-state index contributed by atoms with van der Waals surface area (Å²) in [5, 5.41) is 7.24. The predicted octanol–water partition coefficient (Wildman–Crippen LogP) is 4.11. The van der Waals surface area contributed by atoms with Crippen molar-refractivity contribution in [2.75, 3.05) is 42.2 Å². The number of carbonyl (C=O) groups is 1. The fourth-order valence-electron chi connectivity index (χ4n) is 3.35. The number of Topliss-reactive ketones (excluding diaryl/α,β-unsaturated/α-hetero) is 1. The van der Waals surface area contributed by atoms with Crippen molar-refractivity contribution >= 4 is 46.3 Å². The third-order valence-electron chi connectivity index (χ3n) is 4.62. The molecule has 1 saturated heterocycles. The van der Waals surface area contributed by atoms with E-state index in [2.05, 4.69) is 25.5 Å². The molecular formula is C19H23Cl2N5O. The minimum atomic E-state index is 0.177. The molecule has 3 rings (SSSR count). The van der Waals surface area contributed by atoms with Gasteiger partial charge in [-0.1, -0.05) is 23.2 Å². The van der Waals surface area contributed by atoms with Crippen molar-refractivity contribution in [1.29, 1.82) is 0 Å². The van der Waals surface area contributed by atoms with Crippen molar-refractivity contribution in [3.63, 3.8) is 0 Å². The van der Waals surface area contributed by atoms with Crippen LogP contribution in [0.25, 0.3) is 0 Å². The van der Waals surface area contributed by atoms with Crippen molar-refractivity contribution in [2.24, 2.45) is 5.92 Å². The Morgan fingerprint density at radius 1 is 1.22 bits per heavy atom. The first-order chi connectivity index (χ1) is 13.0. The van der Waals surface area contributed by atoms with Crippen LogP contribution in [0.5, 0.6) is 0 Å². The standard InChI is InChI=1S/C19H23Cl2N5O/c1-22-18-9-19(25-12-24-18)26-4-2-3-13(11-26)5-17(27)10-23-16-7-14(20)6-15(21)8-16/h6-9,12-13,23H,2-5,10-11H2,1H3,(H,22,24,25)/t13-/m0/s1. The fourth-order valence-corrected chi connectivity index (χ4v) is 3.87. The van der Waals surface area contributed by atoms with Gasteiger partial charge in [0.1, 0.15) is 18.0 Å². The molecule has 1 aromatic carbocycles. The minimum Gasteiger partial charge on any atom is -0.378 e. The lowest BCUT2D eigenvalue weighted by molar-refractivity contribution is -0.118. The summed E-state index contributed by atoms with van der Waals surface area (Å²) in [6.07, 6.45) is 4.21. The molecular weight excluding hydrogens is 385 g/mol. The van der Waals surface area contributed by atoms with Crippen LogP contribution in [0, 0.1) is 5.92 Å². The van der Waals surface area contributed by atoms with E-state index in [1.165, 1.54) is 0 Å². The maximum atomic E-state index is 12.4. The molecule has 2 N–H and O–H groups in total. The molecule has 2 heterocycles. The number of ketones is 1. The molecule has 0 bridgehead atoms. The number of anilines is 3. The molecule has 0 unspecified atom stereocenters. The van der Waals surface area contributed by atoms with E-state index in [0.29, 0.717) is 22.4 Å². The summed E-state index contributed by atoms with van der Waals surface area (Å²) in [7, 11) is 1.84. The fraction of sp³-hybridized carbons (Fsp3) is 0.421. The van der Waals surface area contributed by atoms with Crippen LogP contribution in [0.3, 0.4) is 0 Å². The minimum absolute atomic E-state index is 0.177. The van der Waals surface area contributed by atoms with Crippen molar-refractivity contribution < 1.29 is 4.79 Å².